The molecule has 0 radical (unpaired) electrons. The van der Waals surface area contributed by atoms with Crippen LogP contribution in [0, 0.1) is 0 Å². The van der Waals surface area contributed by atoms with Gasteiger partial charge in [-0.25, -0.2) is 17.9 Å². The van der Waals surface area contributed by atoms with Crippen LogP contribution in [0.15, 0.2) is 80.8 Å². The molecule has 11 heteroatoms. The Hall–Kier alpha value is -3.70. The number of benzene rings is 3. The summed E-state index contributed by atoms with van der Waals surface area (Å²) < 4.78 is 75.7. The van der Waals surface area contributed by atoms with E-state index in [4.69, 9.17) is 9.15 Å². The predicted molar refractivity (Wildman–Crippen MR) is 121 cm³/mol. The maximum atomic E-state index is 12.8. The summed E-state index contributed by atoms with van der Waals surface area (Å²) in [4.78, 5) is 23.6. The first-order valence-corrected chi connectivity index (χ1v) is 11.8. The van der Waals surface area contributed by atoms with Gasteiger partial charge in [-0.3, -0.25) is 4.79 Å². The van der Waals surface area contributed by atoms with Crippen LogP contribution in [0.3, 0.4) is 0 Å². The van der Waals surface area contributed by atoms with E-state index in [2.05, 4.69) is 4.72 Å². The Kier molecular flexibility index (Phi) is 6.64. The van der Waals surface area contributed by atoms with Crippen molar-refractivity contribution in [2.45, 2.75) is 24.1 Å². The molecule has 182 valence electrons. The summed E-state index contributed by atoms with van der Waals surface area (Å²) in [6.07, 6.45) is -5.07. The smallest absolute Gasteiger partial charge is 0.416 e. The molecule has 35 heavy (non-hydrogen) atoms. The fourth-order valence-corrected chi connectivity index (χ4v) is 4.65. The number of hydrogen-bond donors (Lipinski definition) is 1. The van der Waals surface area contributed by atoms with Crippen LogP contribution in [0.2, 0.25) is 0 Å². The number of ether oxygens (including phenoxy) is 1. The van der Waals surface area contributed by atoms with Crippen molar-refractivity contribution in [1.82, 2.24) is 4.72 Å². The minimum atomic E-state index is -4.69. The predicted octanol–water partition coefficient (Wildman–Crippen LogP) is 4.38. The van der Waals surface area contributed by atoms with Gasteiger partial charge in [0.25, 0.3) is 0 Å². The van der Waals surface area contributed by atoms with E-state index in [1.165, 1.54) is 6.07 Å². The van der Waals surface area contributed by atoms with E-state index in [9.17, 15) is 31.2 Å². The molecule has 1 heterocycles. The molecule has 0 unspecified atom stereocenters. The molecule has 0 aliphatic carbocycles. The third-order valence-electron chi connectivity index (χ3n) is 5.20. The molecule has 0 fully saturated rings. The fourth-order valence-electron chi connectivity index (χ4n) is 3.57. The number of halogens is 3. The zero-order chi connectivity index (χ0) is 25.2. The quantitative estimate of drug-likeness (QED) is 0.227. The maximum absolute atomic E-state index is 12.8. The van der Waals surface area contributed by atoms with Crippen molar-refractivity contribution in [2.75, 3.05) is 6.54 Å². The van der Waals surface area contributed by atoms with Crippen LogP contribution >= 0.6 is 0 Å². The maximum Gasteiger partial charge on any atom is 0.416 e. The highest BCUT2D eigenvalue weighted by molar-refractivity contribution is 7.89. The number of sulfonamides is 1. The lowest BCUT2D eigenvalue weighted by Crippen LogP contribution is -2.27. The summed E-state index contributed by atoms with van der Waals surface area (Å²) in [7, 11) is -4.28. The standard InChI is InChI=1S/C24H18F3NO6S/c25-24(26,27)17-5-3-6-18(13-17)35(31,32)28-11-10-21(29)33-14-16-12-22(30)34-20-9-8-15-4-1-2-7-19(15)23(16)20/h1-9,12-13,28H,10-11,14H2. The molecule has 1 aromatic heterocycles. The van der Waals surface area contributed by atoms with Gasteiger partial charge in [0.15, 0.2) is 0 Å². The molecule has 0 saturated heterocycles. The summed E-state index contributed by atoms with van der Waals surface area (Å²) in [5.74, 6) is -0.765. The second kappa shape index (κ2) is 9.51. The highest BCUT2D eigenvalue weighted by Gasteiger charge is 2.31. The van der Waals surface area contributed by atoms with Gasteiger partial charge < -0.3 is 9.15 Å². The molecule has 0 saturated carbocycles. The molecule has 4 aromatic rings. The summed E-state index contributed by atoms with van der Waals surface area (Å²) in [5.41, 5.74) is -0.971. The van der Waals surface area contributed by atoms with Crippen molar-refractivity contribution in [3.8, 4) is 0 Å². The molecule has 7 nitrogen and oxygen atoms in total. The lowest BCUT2D eigenvalue weighted by Gasteiger charge is -2.11. The van der Waals surface area contributed by atoms with E-state index < -0.39 is 44.8 Å². The lowest BCUT2D eigenvalue weighted by molar-refractivity contribution is -0.144. The molecule has 0 amide bonds. The normalized spacial score (nSPS) is 12.2. The van der Waals surface area contributed by atoms with Gasteiger partial charge in [-0.1, -0.05) is 36.4 Å². The molecular formula is C24H18F3NO6S. The highest BCUT2D eigenvalue weighted by atomic mass is 32.2. The van der Waals surface area contributed by atoms with Gasteiger partial charge in [-0.2, -0.15) is 13.2 Å². The third-order valence-corrected chi connectivity index (χ3v) is 6.65. The number of fused-ring (bicyclic) bond motifs is 3. The second-order valence-electron chi connectivity index (χ2n) is 7.58. The molecule has 0 atom stereocenters. The first-order valence-electron chi connectivity index (χ1n) is 10.3. The van der Waals surface area contributed by atoms with E-state index >= 15 is 0 Å². The molecule has 4 rings (SSSR count). The van der Waals surface area contributed by atoms with E-state index in [0.717, 1.165) is 29.0 Å². The highest BCUT2D eigenvalue weighted by Crippen LogP contribution is 2.30. The summed E-state index contributed by atoms with van der Waals surface area (Å²) in [6, 6.07) is 15.3. The molecule has 0 aliphatic heterocycles. The van der Waals surface area contributed by atoms with Crippen LogP contribution < -0.4 is 10.3 Å². The van der Waals surface area contributed by atoms with Gasteiger partial charge in [0.2, 0.25) is 10.0 Å². The van der Waals surface area contributed by atoms with Crippen molar-refractivity contribution in [3.05, 3.63) is 88.3 Å². The number of carbonyl (C=O) groups is 1. The van der Waals surface area contributed by atoms with Crippen LogP contribution in [0.25, 0.3) is 21.7 Å². The Morgan fingerprint density at radius 1 is 1.00 bits per heavy atom. The SMILES string of the molecule is O=C(CCNS(=O)(=O)c1cccc(C(F)(F)F)c1)OCc1cc(=O)oc2ccc3ccccc3c12. The van der Waals surface area contributed by atoms with Crippen LogP contribution in [-0.4, -0.2) is 20.9 Å². The second-order valence-corrected chi connectivity index (χ2v) is 9.35. The third kappa shape index (κ3) is 5.52. The molecule has 0 aliphatic rings. The van der Waals surface area contributed by atoms with Gasteiger partial charge in [0.1, 0.15) is 12.2 Å². The Morgan fingerprint density at radius 3 is 2.54 bits per heavy atom. The number of alkyl halides is 3. The Morgan fingerprint density at radius 2 is 1.77 bits per heavy atom. The fraction of sp³-hybridized carbons (Fsp3) is 0.167. The summed E-state index contributed by atoms with van der Waals surface area (Å²) in [5, 5.41) is 2.31. The van der Waals surface area contributed by atoms with Crippen molar-refractivity contribution in [3.63, 3.8) is 0 Å². The van der Waals surface area contributed by atoms with E-state index in [-0.39, 0.29) is 13.0 Å². The van der Waals surface area contributed by atoms with E-state index in [1.807, 2.05) is 24.3 Å². The van der Waals surface area contributed by atoms with E-state index in [1.54, 1.807) is 12.1 Å². The summed E-state index contributed by atoms with van der Waals surface area (Å²) in [6.45, 7) is -0.645. The van der Waals surface area contributed by atoms with Gasteiger partial charge in [0.05, 0.1) is 16.9 Å². The molecule has 3 aromatic carbocycles. The minimum Gasteiger partial charge on any atom is -0.461 e. The van der Waals surface area contributed by atoms with Crippen molar-refractivity contribution < 1.29 is 35.5 Å². The monoisotopic (exact) mass is 505 g/mol. The van der Waals surface area contributed by atoms with Crippen molar-refractivity contribution >= 4 is 37.7 Å². The van der Waals surface area contributed by atoms with Gasteiger partial charge in [-0.15, -0.1) is 0 Å². The van der Waals surface area contributed by atoms with Crippen molar-refractivity contribution in [1.29, 1.82) is 0 Å². The molecule has 0 spiro atoms. The first-order chi connectivity index (χ1) is 16.5. The Balaban J connectivity index is 1.42. The van der Waals surface area contributed by atoms with Gasteiger partial charge in [-0.05, 0) is 35.0 Å². The van der Waals surface area contributed by atoms with Crippen molar-refractivity contribution in [2.24, 2.45) is 0 Å². The van der Waals surface area contributed by atoms with Crippen LogP contribution in [0.4, 0.5) is 13.2 Å². The van der Waals surface area contributed by atoms with Gasteiger partial charge >= 0.3 is 17.8 Å². The largest absolute Gasteiger partial charge is 0.461 e. The van der Waals surface area contributed by atoms with Gasteiger partial charge in [0, 0.05) is 23.6 Å². The topological polar surface area (TPSA) is 103 Å². The number of carbonyl (C=O) groups excluding carboxylic acids is 1. The first kappa shape index (κ1) is 24.4. The number of rotatable bonds is 7. The van der Waals surface area contributed by atoms with Crippen LogP contribution in [0.5, 0.6) is 0 Å². The zero-order valence-corrected chi connectivity index (χ0v) is 18.8. The lowest BCUT2D eigenvalue weighted by atomic mass is 10.0. The zero-order valence-electron chi connectivity index (χ0n) is 18.0. The molecule has 0 bridgehead atoms. The molecular weight excluding hydrogens is 487 g/mol. The Labute approximate surface area is 197 Å². The summed E-state index contributed by atoms with van der Waals surface area (Å²) >= 11 is 0. The minimum absolute atomic E-state index is 0.255. The Bertz CT molecular complexity index is 1580. The number of nitrogens with one attached hydrogen (secondary N) is 1. The average Bonchev–Trinajstić information content (AvgIpc) is 2.81. The average molecular weight is 505 g/mol. The molecule has 1 N–H and O–H groups in total. The number of hydrogen-bond acceptors (Lipinski definition) is 6. The number of esters is 1. The van der Waals surface area contributed by atoms with Crippen LogP contribution in [0.1, 0.15) is 17.5 Å². The van der Waals surface area contributed by atoms with Crippen LogP contribution in [-0.2, 0) is 32.3 Å². The van der Waals surface area contributed by atoms with E-state index in [0.29, 0.717) is 22.6 Å².